The molecule has 7 rings (SSSR count). The average molecular weight is 766 g/mol. The van der Waals surface area contributed by atoms with Gasteiger partial charge in [0.2, 0.25) is 11.8 Å². The Hall–Kier alpha value is -5.24. The number of aliphatic imine (C=N–C) groups is 2. The molecule has 14 heteroatoms. The minimum Gasteiger partial charge on any atom is -0.469 e. The van der Waals surface area contributed by atoms with Gasteiger partial charge in [0.05, 0.1) is 43.9 Å². The molecule has 3 aromatic rings. The number of alkyl carbamates (subject to hydrolysis) is 1. The number of hydrogen-bond donors (Lipinski definition) is 4. The monoisotopic (exact) mass is 765 g/mol. The van der Waals surface area contributed by atoms with Gasteiger partial charge in [-0.25, -0.2) is 14.8 Å². The summed E-state index contributed by atoms with van der Waals surface area (Å²) >= 11 is 0. The number of nitrogens with one attached hydrogen (secondary N) is 3. The van der Waals surface area contributed by atoms with Gasteiger partial charge in [0.25, 0.3) is 6.02 Å². The van der Waals surface area contributed by atoms with Crippen LogP contribution in [0.25, 0.3) is 22.4 Å². The first-order valence-electron chi connectivity index (χ1n) is 19.8. The smallest absolute Gasteiger partial charge is 0.407 e. The lowest BCUT2D eigenvalue weighted by Gasteiger charge is -2.31. The van der Waals surface area contributed by atoms with Crippen molar-refractivity contribution in [2.24, 2.45) is 33.0 Å². The van der Waals surface area contributed by atoms with Crippen molar-refractivity contribution in [3.63, 3.8) is 0 Å². The number of aromatic amines is 1. The number of nitrogens with zero attached hydrogens (tertiary/aromatic N) is 5. The van der Waals surface area contributed by atoms with Crippen LogP contribution in [0.1, 0.15) is 77.2 Å². The molecule has 5 atom stereocenters. The molecule has 3 fully saturated rings. The molecule has 1 aromatic heterocycles. The van der Waals surface area contributed by atoms with E-state index < -0.39 is 18.2 Å². The van der Waals surface area contributed by atoms with E-state index in [2.05, 4.69) is 69.1 Å². The lowest BCUT2D eigenvalue weighted by Crippen LogP contribution is -2.51. The molecule has 5 N–H and O–H groups in total. The quantitative estimate of drug-likeness (QED) is 0.158. The molecule has 14 nitrogen and oxygen atoms in total. The maximum atomic E-state index is 13.8. The van der Waals surface area contributed by atoms with E-state index in [4.69, 9.17) is 25.2 Å². The molecule has 4 heterocycles. The Morgan fingerprint density at radius 3 is 2.18 bits per heavy atom. The highest BCUT2D eigenvalue weighted by Crippen LogP contribution is 2.58. The molecule has 2 aromatic carbocycles. The van der Waals surface area contributed by atoms with Crippen LogP contribution in [-0.2, 0) is 19.1 Å². The van der Waals surface area contributed by atoms with Gasteiger partial charge in [0, 0.05) is 19.6 Å². The van der Waals surface area contributed by atoms with Gasteiger partial charge in [-0.05, 0) is 71.6 Å². The molecule has 2 saturated heterocycles. The number of imidazole rings is 1. The van der Waals surface area contributed by atoms with Crippen molar-refractivity contribution in [2.45, 2.75) is 90.1 Å². The average Bonchev–Trinajstić information content (AvgIpc) is 3.73. The van der Waals surface area contributed by atoms with Gasteiger partial charge in [-0.2, -0.15) is 0 Å². The zero-order chi connectivity index (χ0) is 39.7. The predicted octanol–water partition coefficient (Wildman–Crippen LogP) is 4.87. The Morgan fingerprint density at radius 2 is 1.57 bits per heavy atom. The summed E-state index contributed by atoms with van der Waals surface area (Å²) in [6.07, 6.45) is 5.87. The number of H-pyrrole nitrogens is 1. The molecule has 1 spiro atoms. The van der Waals surface area contributed by atoms with Gasteiger partial charge in [0.1, 0.15) is 24.1 Å². The van der Waals surface area contributed by atoms with E-state index in [0.717, 1.165) is 71.6 Å². The zero-order valence-electron chi connectivity index (χ0n) is 33.2. The third-order valence-corrected chi connectivity index (χ3v) is 11.9. The highest BCUT2D eigenvalue weighted by Gasteiger charge is 2.55. The van der Waals surface area contributed by atoms with Crippen molar-refractivity contribution in [3.8, 4) is 22.4 Å². The summed E-state index contributed by atoms with van der Waals surface area (Å²) < 4.78 is 9.85. The van der Waals surface area contributed by atoms with Crippen LogP contribution in [0, 0.1) is 17.3 Å². The van der Waals surface area contributed by atoms with Crippen LogP contribution in [0.2, 0.25) is 0 Å². The molecule has 56 heavy (non-hydrogen) atoms. The predicted molar refractivity (Wildman–Crippen MR) is 215 cm³/mol. The lowest BCUT2D eigenvalue weighted by molar-refractivity contribution is -0.136. The van der Waals surface area contributed by atoms with Crippen molar-refractivity contribution < 1.29 is 23.9 Å². The van der Waals surface area contributed by atoms with Crippen LogP contribution in [0.4, 0.5) is 4.79 Å². The molecule has 298 valence electrons. The highest BCUT2D eigenvalue weighted by molar-refractivity contribution is 6.03. The van der Waals surface area contributed by atoms with E-state index in [9.17, 15) is 14.4 Å². The van der Waals surface area contributed by atoms with Gasteiger partial charge in [-0.1, -0.05) is 76.2 Å². The molecular formula is C42H55N9O5. The van der Waals surface area contributed by atoms with Crippen molar-refractivity contribution in [1.82, 2.24) is 30.4 Å². The highest BCUT2D eigenvalue weighted by atomic mass is 16.5. The summed E-state index contributed by atoms with van der Waals surface area (Å²) in [6.45, 7) is 9.74. The molecular weight excluding hydrogens is 711 g/mol. The van der Waals surface area contributed by atoms with Crippen LogP contribution in [0.15, 0.2) is 64.7 Å². The number of amidine groups is 1. The second-order valence-electron chi connectivity index (χ2n) is 16.4. The van der Waals surface area contributed by atoms with E-state index in [0.29, 0.717) is 19.6 Å². The summed E-state index contributed by atoms with van der Waals surface area (Å²) in [4.78, 5) is 61.1. The van der Waals surface area contributed by atoms with E-state index in [1.807, 2.05) is 43.7 Å². The van der Waals surface area contributed by atoms with Gasteiger partial charge in [-0.15, -0.1) is 0 Å². The van der Waals surface area contributed by atoms with E-state index >= 15 is 0 Å². The number of carbonyl (C=O) groups excluding carboxylic acids is 3. The number of carbonyl (C=O) groups is 3. The largest absolute Gasteiger partial charge is 0.469 e. The van der Waals surface area contributed by atoms with Crippen molar-refractivity contribution in [3.05, 3.63) is 66.1 Å². The molecule has 0 bridgehead atoms. The lowest BCUT2D eigenvalue weighted by atomic mass is 10.0. The number of nitrogens with two attached hydrogens (primary N) is 1. The van der Waals surface area contributed by atoms with Crippen molar-refractivity contribution in [2.75, 3.05) is 33.9 Å². The number of ether oxygens (including phenoxy) is 2. The summed E-state index contributed by atoms with van der Waals surface area (Å²) in [5.74, 6) is 0.495. The Balaban J connectivity index is 1.01. The maximum absolute atomic E-state index is 13.8. The first-order valence-corrected chi connectivity index (χ1v) is 19.8. The summed E-state index contributed by atoms with van der Waals surface area (Å²) in [5, 5.41) is 6.29. The summed E-state index contributed by atoms with van der Waals surface area (Å²) in [5.41, 5.74) is 12.0. The third kappa shape index (κ3) is 8.02. The van der Waals surface area contributed by atoms with E-state index in [1.54, 1.807) is 0 Å². The number of methoxy groups -OCH3 is 2. The zero-order valence-corrected chi connectivity index (χ0v) is 33.2. The number of rotatable bonds is 11. The van der Waals surface area contributed by atoms with Gasteiger partial charge >= 0.3 is 6.09 Å². The number of aromatic nitrogens is 2. The van der Waals surface area contributed by atoms with Crippen LogP contribution >= 0.6 is 0 Å². The van der Waals surface area contributed by atoms with Crippen molar-refractivity contribution in [1.29, 1.82) is 0 Å². The topological polar surface area (TPSA) is 180 Å². The van der Waals surface area contributed by atoms with Crippen LogP contribution in [-0.4, -0.2) is 108 Å². The molecule has 5 unspecified atom stereocenters. The first-order chi connectivity index (χ1) is 26.9. The SMILES string of the molecule is COC(=O)NC(C(=O)N1CC2(CC2)CC1c1ncc(-c2ccc(-c3ccc(C4=NC(C5CCCN5C(=O)C(N=C(N)OC)C(C)C)NC4)cc3)cc2)[nH]1)C(C)C. The Labute approximate surface area is 328 Å². The second kappa shape index (κ2) is 16.1. The maximum Gasteiger partial charge on any atom is 0.407 e. The number of amides is 3. The molecule has 0 radical (unpaired) electrons. The minimum atomic E-state index is -0.680. The summed E-state index contributed by atoms with van der Waals surface area (Å²) in [7, 11) is 2.76. The Bertz CT molecular complexity index is 1970. The van der Waals surface area contributed by atoms with Gasteiger partial charge in [0.15, 0.2) is 0 Å². The molecule has 1 aliphatic carbocycles. The van der Waals surface area contributed by atoms with E-state index in [-0.39, 0.29) is 53.3 Å². The van der Waals surface area contributed by atoms with Crippen LogP contribution in [0.3, 0.4) is 0 Å². The minimum absolute atomic E-state index is 0.0140. The van der Waals surface area contributed by atoms with Gasteiger partial charge in [-0.3, -0.25) is 19.9 Å². The van der Waals surface area contributed by atoms with Crippen molar-refractivity contribution >= 4 is 29.6 Å². The standard InChI is InChI=1S/C42H55N9O5/c1-24(2)34(48-40(43)55-5)38(52)50-19-7-8-32(50)36-44-21-30(46-36)28-13-9-26(10-14-28)27-11-15-29(16-12-27)31-22-45-37(47-31)33-20-42(17-18-42)23-51(33)39(53)35(25(3)4)49-41(54)56-6/h9-16,22,24-25,32-36,44H,7-8,17-21,23H2,1-6H3,(H2,43,48)(H,45,47)(H,49,54). The summed E-state index contributed by atoms with van der Waals surface area (Å²) in [6, 6.07) is 15.3. The molecule has 1 saturated carbocycles. The molecule has 3 aliphatic heterocycles. The first kappa shape index (κ1) is 39.0. The fourth-order valence-electron chi connectivity index (χ4n) is 8.40. The van der Waals surface area contributed by atoms with Crippen LogP contribution in [0.5, 0.6) is 0 Å². The Morgan fingerprint density at radius 1 is 0.911 bits per heavy atom. The fourth-order valence-corrected chi connectivity index (χ4v) is 8.40. The molecule has 3 amide bonds. The van der Waals surface area contributed by atoms with Gasteiger partial charge < -0.3 is 35.3 Å². The number of benzene rings is 2. The number of likely N-dealkylation sites (tertiary alicyclic amines) is 2. The Kier molecular flexibility index (Phi) is 11.2. The fraction of sp³-hybridized carbons (Fsp3) is 0.524. The number of hydrogen-bond acceptors (Lipinski definition) is 9. The molecule has 4 aliphatic rings. The third-order valence-electron chi connectivity index (χ3n) is 11.9. The van der Waals surface area contributed by atoms with E-state index in [1.165, 1.54) is 14.2 Å². The van der Waals surface area contributed by atoms with Crippen LogP contribution < -0.4 is 16.4 Å². The normalized spacial score (nSPS) is 22.8. The second-order valence-corrected chi connectivity index (χ2v) is 16.4.